The van der Waals surface area contributed by atoms with Gasteiger partial charge in [-0.25, -0.2) is 4.79 Å². The molecule has 5 heteroatoms. The standard InChI is InChI=1S/C15H20N2O3/c1-2-17(15(16)18)9-10-8-12(10)11-4-3-5-13-14(11)20-7-6-19-13/h3-5,10,12H,2,6-9H2,1H3,(H2,16,18)/t10-,12+/m0/s1. The maximum absolute atomic E-state index is 11.3. The smallest absolute Gasteiger partial charge is 0.314 e. The van der Waals surface area contributed by atoms with Gasteiger partial charge in [-0.05, 0) is 31.2 Å². The van der Waals surface area contributed by atoms with Crippen molar-refractivity contribution in [1.29, 1.82) is 0 Å². The topological polar surface area (TPSA) is 64.8 Å². The normalized spacial score (nSPS) is 23.2. The predicted molar refractivity (Wildman–Crippen MR) is 75.1 cm³/mol. The third-order valence-corrected chi connectivity index (χ3v) is 4.07. The average molecular weight is 276 g/mol. The van der Waals surface area contributed by atoms with Crippen LogP contribution in [0.4, 0.5) is 4.79 Å². The molecule has 2 N–H and O–H groups in total. The number of hydrogen-bond donors (Lipinski definition) is 1. The summed E-state index contributed by atoms with van der Waals surface area (Å²) in [5.41, 5.74) is 6.56. The quantitative estimate of drug-likeness (QED) is 0.914. The second-order valence-electron chi connectivity index (χ2n) is 5.35. The molecule has 2 amide bonds. The summed E-state index contributed by atoms with van der Waals surface area (Å²) in [6, 6.07) is 5.70. The fraction of sp³-hybridized carbons (Fsp3) is 0.533. The van der Waals surface area contributed by atoms with Crippen LogP contribution in [0.15, 0.2) is 18.2 Å². The maximum Gasteiger partial charge on any atom is 0.314 e. The van der Waals surface area contributed by atoms with Gasteiger partial charge in [-0.3, -0.25) is 0 Å². The van der Waals surface area contributed by atoms with E-state index in [1.54, 1.807) is 4.90 Å². The van der Waals surface area contributed by atoms with Crippen LogP contribution in [0, 0.1) is 5.92 Å². The summed E-state index contributed by atoms with van der Waals surface area (Å²) in [5, 5.41) is 0. The Labute approximate surface area is 118 Å². The van der Waals surface area contributed by atoms with Gasteiger partial charge in [0, 0.05) is 18.7 Å². The lowest BCUT2D eigenvalue weighted by atomic mass is 10.1. The van der Waals surface area contributed by atoms with E-state index >= 15 is 0 Å². The molecule has 0 bridgehead atoms. The van der Waals surface area contributed by atoms with Crippen LogP contribution in [0.2, 0.25) is 0 Å². The zero-order valence-electron chi connectivity index (χ0n) is 11.7. The number of benzene rings is 1. The van der Waals surface area contributed by atoms with Crippen LogP contribution < -0.4 is 15.2 Å². The number of hydrogen-bond acceptors (Lipinski definition) is 3. The number of para-hydroxylation sites is 1. The van der Waals surface area contributed by atoms with Gasteiger partial charge in [-0.1, -0.05) is 12.1 Å². The zero-order valence-corrected chi connectivity index (χ0v) is 11.7. The summed E-state index contributed by atoms with van der Waals surface area (Å²) in [6.45, 7) is 4.54. The summed E-state index contributed by atoms with van der Waals surface area (Å²) in [4.78, 5) is 13.0. The number of urea groups is 1. The second kappa shape index (κ2) is 5.23. The Morgan fingerprint density at radius 1 is 1.40 bits per heavy atom. The Balaban J connectivity index is 1.72. The molecule has 2 atom stereocenters. The van der Waals surface area contributed by atoms with Gasteiger partial charge in [0.15, 0.2) is 11.5 Å². The van der Waals surface area contributed by atoms with E-state index in [4.69, 9.17) is 15.2 Å². The zero-order chi connectivity index (χ0) is 14.1. The van der Waals surface area contributed by atoms with Crippen LogP contribution in [0.5, 0.6) is 11.5 Å². The molecule has 0 aromatic heterocycles. The van der Waals surface area contributed by atoms with E-state index in [-0.39, 0.29) is 6.03 Å². The second-order valence-corrected chi connectivity index (χ2v) is 5.35. The predicted octanol–water partition coefficient (Wildman–Crippen LogP) is 1.96. The Morgan fingerprint density at radius 3 is 2.95 bits per heavy atom. The van der Waals surface area contributed by atoms with Crippen LogP contribution in [0.3, 0.4) is 0 Å². The first-order valence-corrected chi connectivity index (χ1v) is 7.13. The number of carbonyl (C=O) groups is 1. The molecular weight excluding hydrogens is 256 g/mol. The molecule has 20 heavy (non-hydrogen) atoms. The Kier molecular flexibility index (Phi) is 3.42. The van der Waals surface area contributed by atoms with Crippen molar-refractivity contribution in [3.63, 3.8) is 0 Å². The molecule has 1 aliphatic carbocycles. The van der Waals surface area contributed by atoms with Crippen molar-refractivity contribution >= 4 is 6.03 Å². The minimum atomic E-state index is -0.340. The van der Waals surface area contributed by atoms with E-state index in [0.717, 1.165) is 24.5 Å². The number of amides is 2. The molecular formula is C15H20N2O3. The third-order valence-electron chi connectivity index (χ3n) is 4.07. The molecule has 1 aromatic carbocycles. The van der Waals surface area contributed by atoms with Gasteiger partial charge < -0.3 is 20.1 Å². The molecule has 1 fully saturated rings. The molecule has 1 aliphatic heterocycles. The fourth-order valence-electron chi connectivity index (χ4n) is 2.88. The van der Waals surface area contributed by atoms with Crippen molar-refractivity contribution in [2.24, 2.45) is 11.7 Å². The number of fused-ring (bicyclic) bond motifs is 1. The lowest BCUT2D eigenvalue weighted by Crippen LogP contribution is -2.37. The average Bonchev–Trinajstić information content (AvgIpc) is 3.23. The molecule has 0 spiro atoms. The first-order chi connectivity index (χ1) is 9.70. The number of carbonyl (C=O) groups excluding carboxylic acids is 1. The molecule has 0 saturated heterocycles. The molecule has 5 nitrogen and oxygen atoms in total. The van der Waals surface area contributed by atoms with Gasteiger partial charge >= 0.3 is 6.03 Å². The largest absolute Gasteiger partial charge is 0.486 e. The molecule has 0 unspecified atom stereocenters. The van der Waals surface area contributed by atoms with Crippen molar-refractivity contribution in [3.8, 4) is 11.5 Å². The Bertz CT molecular complexity index is 518. The van der Waals surface area contributed by atoms with E-state index in [1.165, 1.54) is 5.56 Å². The monoisotopic (exact) mass is 276 g/mol. The number of rotatable bonds is 4. The molecule has 0 radical (unpaired) electrons. The van der Waals surface area contributed by atoms with E-state index in [2.05, 4.69) is 6.07 Å². The van der Waals surface area contributed by atoms with Crippen LogP contribution in [0.1, 0.15) is 24.8 Å². The Morgan fingerprint density at radius 2 is 2.20 bits per heavy atom. The van der Waals surface area contributed by atoms with Crippen molar-refractivity contribution in [3.05, 3.63) is 23.8 Å². The minimum Gasteiger partial charge on any atom is -0.486 e. The van der Waals surface area contributed by atoms with Crippen molar-refractivity contribution < 1.29 is 14.3 Å². The fourth-order valence-corrected chi connectivity index (χ4v) is 2.88. The number of nitrogens with zero attached hydrogens (tertiary/aromatic N) is 1. The number of nitrogens with two attached hydrogens (primary N) is 1. The highest BCUT2D eigenvalue weighted by atomic mass is 16.6. The lowest BCUT2D eigenvalue weighted by Gasteiger charge is -2.22. The van der Waals surface area contributed by atoms with Gasteiger partial charge in [0.1, 0.15) is 13.2 Å². The van der Waals surface area contributed by atoms with Crippen LogP contribution in [0.25, 0.3) is 0 Å². The van der Waals surface area contributed by atoms with E-state index < -0.39 is 0 Å². The van der Waals surface area contributed by atoms with Crippen LogP contribution in [-0.2, 0) is 0 Å². The summed E-state index contributed by atoms with van der Waals surface area (Å²) in [7, 11) is 0. The van der Waals surface area contributed by atoms with Crippen LogP contribution in [-0.4, -0.2) is 37.2 Å². The molecule has 1 aromatic rings. The van der Waals surface area contributed by atoms with Gasteiger partial charge in [0.25, 0.3) is 0 Å². The van der Waals surface area contributed by atoms with Gasteiger partial charge in [0.05, 0.1) is 0 Å². The highest BCUT2D eigenvalue weighted by molar-refractivity contribution is 5.72. The van der Waals surface area contributed by atoms with Gasteiger partial charge in [-0.2, -0.15) is 0 Å². The highest BCUT2D eigenvalue weighted by Gasteiger charge is 2.42. The molecule has 1 saturated carbocycles. The first kappa shape index (κ1) is 13.1. The molecule has 1 heterocycles. The summed E-state index contributed by atoms with van der Waals surface area (Å²) in [6.07, 6.45) is 1.07. The van der Waals surface area contributed by atoms with E-state index in [9.17, 15) is 4.79 Å². The summed E-state index contributed by atoms with van der Waals surface area (Å²) >= 11 is 0. The SMILES string of the molecule is CCN(C[C@@H]1C[C@H]1c1cccc2c1OCCO2)C(N)=O. The highest BCUT2D eigenvalue weighted by Crippen LogP contribution is 2.52. The van der Waals surface area contributed by atoms with Crippen molar-refractivity contribution in [1.82, 2.24) is 4.90 Å². The number of ether oxygens (including phenoxy) is 2. The maximum atomic E-state index is 11.3. The first-order valence-electron chi connectivity index (χ1n) is 7.13. The van der Waals surface area contributed by atoms with Crippen LogP contribution >= 0.6 is 0 Å². The third kappa shape index (κ3) is 2.40. The minimum absolute atomic E-state index is 0.340. The summed E-state index contributed by atoms with van der Waals surface area (Å²) < 4.78 is 11.4. The van der Waals surface area contributed by atoms with Gasteiger partial charge in [-0.15, -0.1) is 0 Å². The number of primary amides is 1. The molecule has 2 aliphatic rings. The van der Waals surface area contributed by atoms with Gasteiger partial charge in [0.2, 0.25) is 0 Å². The summed E-state index contributed by atoms with van der Waals surface area (Å²) in [5.74, 6) is 2.63. The molecule has 3 rings (SSSR count). The van der Waals surface area contributed by atoms with E-state index in [1.807, 2.05) is 19.1 Å². The molecule has 108 valence electrons. The van der Waals surface area contributed by atoms with Crippen molar-refractivity contribution in [2.75, 3.05) is 26.3 Å². The van der Waals surface area contributed by atoms with E-state index in [0.29, 0.717) is 31.6 Å². The Hall–Kier alpha value is -1.91. The van der Waals surface area contributed by atoms with Crippen molar-refractivity contribution in [2.45, 2.75) is 19.3 Å². The lowest BCUT2D eigenvalue weighted by molar-refractivity contribution is 0.169.